The number of carbonyl (C=O) groups excluding carboxylic acids is 1. The third kappa shape index (κ3) is 0.946. The van der Waals surface area contributed by atoms with Crippen molar-refractivity contribution in [2.45, 2.75) is 29.3 Å². The second kappa shape index (κ2) is 2.36. The standard InChI is InChI=1S/C7H9IO2/c8-6-2-1-4-3-5(6)7(9)10-4/h4-6H,1-3H2/t4-,5-,6-/m1/s1. The molecule has 0 spiro atoms. The topological polar surface area (TPSA) is 26.3 Å². The fourth-order valence-electron chi connectivity index (χ4n) is 1.70. The lowest BCUT2D eigenvalue weighted by molar-refractivity contribution is -0.143. The van der Waals surface area contributed by atoms with Crippen molar-refractivity contribution >= 4 is 28.6 Å². The summed E-state index contributed by atoms with van der Waals surface area (Å²) in [6.07, 6.45) is 3.48. The van der Waals surface area contributed by atoms with Crippen molar-refractivity contribution in [2.75, 3.05) is 0 Å². The van der Waals surface area contributed by atoms with Gasteiger partial charge in [0.05, 0.1) is 5.92 Å². The van der Waals surface area contributed by atoms with Gasteiger partial charge in [0.15, 0.2) is 0 Å². The SMILES string of the molecule is O=C1O[C@@H]2CC[C@@H](I)[C@H]1C2. The van der Waals surface area contributed by atoms with E-state index >= 15 is 0 Å². The smallest absolute Gasteiger partial charge is 0.310 e. The number of ether oxygens (including phenoxy) is 1. The molecule has 0 aromatic rings. The number of esters is 1. The van der Waals surface area contributed by atoms with Gasteiger partial charge in [0, 0.05) is 3.92 Å². The minimum absolute atomic E-state index is 0.0434. The first-order chi connectivity index (χ1) is 4.77. The molecule has 2 rings (SSSR count). The molecule has 1 aliphatic carbocycles. The summed E-state index contributed by atoms with van der Waals surface area (Å²) in [5, 5.41) is 0. The van der Waals surface area contributed by atoms with Crippen molar-refractivity contribution < 1.29 is 9.53 Å². The summed E-state index contributed by atoms with van der Waals surface area (Å²) in [7, 11) is 0. The van der Waals surface area contributed by atoms with Crippen LogP contribution in [0.4, 0.5) is 0 Å². The Morgan fingerprint density at radius 1 is 1.50 bits per heavy atom. The molecular weight excluding hydrogens is 243 g/mol. The Balaban J connectivity index is 2.17. The fraction of sp³-hybridized carbons (Fsp3) is 0.857. The zero-order chi connectivity index (χ0) is 7.14. The quantitative estimate of drug-likeness (QED) is 0.371. The van der Waals surface area contributed by atoms with E-state index in [4.69, 9.17) is 4.74 Å². The zero-order valence-electron chi connectivity index (χ0n) is 5.55. The summed E-state index contributed by atoms with van der Waals surface area (Å²) in [6.45, 7) is 0. The highest BCUT2D eigenvalue weighted by Crippen LogP contribution is 2.38. The van der Waals surface area contributed by atoms with Gasteiger partial charge < -0.3 is 4.74 Å². The highest BCUT2D eigenvalue weighted by atomic mass is 127. The van der Waals surface area contributed by atoms with Gasteiger partial charge in [0.25, 0.3) is 0 Å². The molecule has 0 amide bonds. The zero-order valence-corrected chi connectivity index (χ0v) is 7.71. The minimum atomic E-state index is 0.0434. The van der Waals surface area contributed by atoms with Crippen LogP contribution in [-0.2, 0) is 9.53 Å². The predicted molar refractivity (Wildman–Crippen MR) is 45.0 cm³/mol. The van der Waals surface area contributed by atoms with Gasteiger partial charge in [-0.15, -0.1) is 0 Å². The van der Waals surface area contributed by atoms with Crippen LogP contribution in [0.25, 0.3) is 0 Å². The first-order valence-electron chi connectivity index (χ1n) is 3.62. The Kier molecular flexibility index (Phi) is 1.62. The number of alkyl halides is 1. The van der Waals surface area contributed by atoms with Gasteiger partial charge in [-0.25, -0.2) is 0 Å². The monoisotopic (exact) mass is 252 g/mol. The molecule has 2 aliphatic rings. The average molecular weight is 252 g/mol. The van der Waals surface area contributed by atoms with Crippen LogP contribution in [0.15, 0.2) is 0 Å². The maximum absolute atomic E-state index is 11.0. The van der Waals surface area contributed by atoms with Crippen molar-refractivity contribution in [2.24, 2.45) is 5.92 Å². The van der Waals surface area contributed by atoms with Crippen LogP contribution in [0.5, 0.6) is 0 Å². The first kappa shape index (κ1) is 6.88. The lowest BCUT2D eigenvalue weighted by Crippen LogP contribution is -2.22. The van der Waals surface area contributed by atoms with Gasteiger partial charge in [-0.3, -0.25) is 4.79 Å². The van der Waals surface area contributed by atoms with Gasteiger partial charge in [-0.2, -0.15) is 0 Å². The van der Waals surface area contributed by atoms with Crippen LogP contribution in [0.3, 0.4) is 0 Å². The molecule has 10 heavy (non-hydrogen) atoms. The normalized spacial score (nSPS) is 45.3. The molecule has 1 saturated carbocycles. The largest absolute Gasteiger partial charge is 0.462 e. The summed E-state index contributed by atoms with van der Waals surface area (Å²) in [4.78, 5) is 11.0. The Morgan fingerprint density at radius 2 is 2.30 bits per heavy atom. The lowest BCUT2D eigenvalue weighted by atomic mass is 9.90. The van der Waals surface area contributed by atoms with E-state index in [1.807, 2.05) is 0 Å². The average Bonchev–Trinajstić information content (AvgIpc) is 2.21. The van der Waals surface area contributed by atoms with Crippen LogP contribution < -0.4 is 0 Å². The van der Waals surface area contributed by atoms with Crippen LogP contribution >= 0.6 is 22.6 Å². The second-order valence-corrected chi connectivity index (χ2v) is 4.59. The van der Waals surface area contributed by atoms with Gasteiger partial charge in [-0.1, -0.05) is 22.6 Å². The van der Waals surface area contributed by atoms with Crippen molar-refractivity contribution in [1.29, 1.82) is 0 Å². The van der Waals surface area contributed by atoms with E-state index in [0.29, 0.717) is 3.92 Å². The molecule has 0 unspecified atom stereocenters. The Bertz CT molecular complexity index is 169. The summed E-state index contributed by atoms with van der Waals surface area (Å²) >= 11 is 2.36. The Morgan fingerprint density at radius 3 is 3.00 bits per heavy atom. The van der Waals surface area contributed by atoms with Crippen molar-refractivity contribution in [1.82, 2.24) is 0 Å². The number of carbonyl (C=O) groups is 1. The molecule has 2 bridgehead atoms. The summed E-state index contributed by atoms with van der Waals surface area (Å²) < 4.78 is 5.64. The van der Waals surface area contributed by atoms with Crippen LogP contribution in [-0.4, -0.2) is 16.0 Å². The maximum Gasteiger partial charge on any atom is 0.310 e. The Labute approximate surface area is 73.5 Å². The molecule has 3 atom stereocenters. The molecule has 0 aromatic heterocycles. The van der Waals surface area contributed by atoms with E-state index < -0.39 is 0 Å². The summed E-state index contributed by atoms with van der Waals surface area (Å²) in [6, 6.07) is 0. The highest BCUT2D eigenvalue weighted by Gasteiger charge is 2.42. The number of rotatable bonds is 0. The maximum atomic E-state index is 11.0. The molecule has 56 valence electrons. The Hall–Kier alpha value is 0.200. The van der Waals surface area contributed by atoms with E-state index in [1.165, 1.54) is 0 Å². The predicted octanol–water partition coefficient (Wildman–Crippen LogP) is 1.52. The van der Waals surface area contributed by atoms with Crippen LogP contribution in [0, 0.1) is 5.92 Å². The number of hydrogen-bond acceptors (Lipinski definition) is 2. The van der Waals surface area contributed by atoms with Crippen LogP contribution in [0.2, 0.25) is 0 Å². The van der Waals surface area contributed by atoms with Gasteiger partial charge in [0.2, 0.25) is 0 Å². The number of fused-ring (bicyclic) bond motifs is 2. The molecule has 1 heterocycles. The molecular formula is C7H9IO2. The van der Waals surface area contributed by atoms with E-state index in [9.17, 15) is 4.79 Å². The van der Waals surface area contributed by atoms with Crippen molar-refractivity contribution in [3.63, 3.8) is 0 Å². The molecule has 0 aromatic carbocycles. The number of halogens is 1. The van der Waals surface area contributed by atoms with Gasteiger partial charge in [-0.05, 0) is 19.3 Å². The van der Waals surface area contributed by atoms with E-state index in [0.717, 1.165) is 19.3 Å². The van der Waals surface area contributed by atoms with Gasteiger partial charge >= 0.3 is 5.97 Å². The van der Waals surface area contributed by atoms with Crippen molar-refractivity contribution in [3.05, 3.63) is 0 Å². The number of hydrogen-bond donors (Lipinski definition) is 0. The molecule has 0 N–H and O–H groups in total. The molecule has 1 saturated heterocycles. The van der Waals surface area contributed by atoms with Crippen LogP contribution in [0.1, 0.15) is 19.3 Å². The highest BCUT2D eigenvalue weighted by molar-refractivity contribution is 14.1. The third-order valence-corrected chi connectivity index (χ3v) is 3.79. The molecule has 2 fully saturated rings. The fourth-order valence-corrected chi connectivity index (χ4v) is 2.64. The summed E-state index contributed by atoms with van der Waals surface area (Å²) in [5.41, 5.74) is 0. The second-order valence-electron chi connectivity index (χ2n) is 2.99. The first-order valence-corrected chi connectivity index (χ1v) is 4.86. The van der Waals surface area contributed by atoms with Crippen molar-refractivity contribution in [3.8, 4) is 0 Å². The molecule has 1 aliphatic heterocycles. The van der Waals surface area contributed by atoms with E-state index in [1.54, 1.807) is 0 Å². The van der Waals surface area contributed by atoms with Gasteiger partial charge in [0.1, 0.15) is 6.10 Å². The molecule has 0 radical (unpaired) electrons. The molecule has 3 heteroatoms. The van der Waals surface area contributed by atoms with E-state index in [-0.39, 0.29) is 18.0 Å². The minimum Gasteiger partial charge on any atom is -0.462 e. The summed E-state index contributed by atoms with van der Waals surface area (Å²) in [5.74, 6) is 0.265. The lowest BCUT2D eigenvalue weighted by Gasteiger charge is -2.18. The van der Waals surface area contributed by atoms with E-state index in [2.05, 4.69) is 22.6 Å². The third-order valence-electron chi connectivity index (χ3n) is 2.30. The molecule has 2 nitrogen and oxygen atoms in total.